The summed E-state index contributed by atoms with van der Waals surface area (Å²) in [4.78, 5) is 11.7. The van der Waals surface area contributed by atoms with E-state index in [1.807, 2.05) is 24.3 Å². The lowest BCUT2D eigenvalue weighted by atomic mass is 10.2. The molecule has 1 atom stereocenters. The van der Waals surface area contributed by atoms with Gasteiger partial charge >= 0.3 is 0 Å². The molecule has 0 aliphatic rings. The molecule has 2 rings (SSSR count). The third kappa shape index (κ3) is 2.04. The number of nitrogens with one attached hydrogen (secondary N) is 2. The summed E-state index contributed by atoms with van der Waals surface area (Å²) in [5.74, 6) is -0.279. The normalized spacial score (nSPS) is 12.6. The number of carbonyl (C=O) groups excluding carboxylic acids is 1. The lowest BCUT2D eigenvalue weighted by Crippen LogP contribution is -2.30. The number of aliphatic hydroxyl groups excluding tert-OH is 1. The van der Waals surface area contributed by atoms with Crippen LogP contribution in [0.2, 0.25) is 0 Å². The first-order chi connectivity index (χ1) is 7.68. The maximum Gasteiger partial charge on any atom is 0.272 e. The standard InChI is InChI=1S/C11H13N3O2/c1-7(15)6-12-11(16)10-8-4-2-3-5-9(8)13-14-10/h2-5,7,15H,6H2,1H3,(H,12,16)(H,13,14)/t7-/m0/s1. The van der Waals surface area contributed by atoms with E-state index in [0.717, 1.165) is 10.9 Å². The van der Waals surface area contributed by atoms with Crippen molar-refractivity contribution >= 4 is 16.8 Å². The van der Waals surface area contributed by atoms with Crippen LogP contribution in [0.1, 0.15) is 17.4 Å². The molecule has 1 amide bonds. The molecule has 1 aromatic carbocycles. The van der Waals surface area contributed by atoms with Crippen molar-refractivity contribution in [1.29, 1.82) is 0 Å². The summed E-state index contributed by atoms with van der Waals surface area (Å²) in [7, 11) is 0. The molecule has 0 fully saturated rings. The molecule has 2 aromatic rings. The zero-order valence-corrected chi connectivity index (χ0v) is 8.90. The predicted octanol–water partition coefficient (Wildman–Crippen LogP) is 0.673. The molecule has 0 unspecified atom stereocenters. The summed E-state index contributed by atoms with van der Waals surface area (Å²) in [5, 5.41) is 19.2. The first-order valence-electron chi connectivity index (χ1n) is 5.08. The van der Waals surface area contributed by atoms with Crippen LogP contribution in [0.15, 0.2) is 24.3 Å². The highest BCUT2D eigenvalue weighted by Crippen LogP contribution is 2.14. The highest BCUT2D eigenvalue weighted by atomic mass is 16.3. The van der Waals surface area contributed by atoms with E-state index in [-0.39, 0.29) is 12.5 Å². The Kier molecular flexibility index (Phi) is 2.87. The lowest BCUT2D eigenvalue weighted by Gasteiger charge is -2.05. The van der Waals surface area contributed by atoms with Crippen LogP contribution in [0, 0.1) is 0 Å². The van der Waals surface area contributed by atoms with Crippen LogP contribution in [-0.4, -0.2) is 33.9 Å². The van der Waals surface area contributed by atoms with E-state index in [0.29, 0.717) is 5.69 Å². The lowest BCUT2D eigenvalue weighted by molar-refractivity contribution is 0.0920. The summed E-state index contributed by atoms with van der Waals surface area (Å²) in [6.45, 7) is 1.84. The molecule has 16 heavy (non-hydrogen) atoms. The van der Waals surface area contributed by atoms with Crippen LogP contribution in [0.5, 0.6) is 0 Å². The van der Waals surface area contributed by atoms with Crippen LogP contribution in [-0.2, 0) is 0 Å². The second kappa shape index (κ2) is 4.32. The van der Waals surface area contributed by atoms with Crippen molar-refractivity contribution in [3.8, 4) is 0 Å². The van der Waals surface area contributed by atoms with Crippen molar-refractivity contribution in [3.05, 3.63) is 30.0 Å². The van der Waals surface area contributed by atoms with Crippen molar-refractivity contribution in [2.75, 3.05) is 6.54 Å². The quantitative estimate of drug-likeness (QED) is 0.710. The number of fused-ring (bicyclic) bond motifs is 1. The fourth-order valence-corrected chi connectivity index (χ4v) is 1.46. The number of H-pyrrole nitrogens is 1. The molecule has 0 radical (unpaired) electrons. The Morgan fingerprint density at radius 1 is 1.56 bits per heavy atom. The van der Waals surface area contributed by atoms with Gasteiger partial charge in [0.25, 0.3) is 5.91 Å². The molecule has 0 bridgehead atoms. The number of aromatic nitrogens is 2. The van der Waals surface area contributed by atoms with Crippen molar-refractivity contribution in [1.82, 2.24) is 15.5 Å². The smallest absolute Gasteiger partial charge is 0.272 e. The topological polar surface area (TPSA) is 78.0 Å². The number of aliphatic hydroxyl groups is 1. The van der Waals surface area contributed by atoms with Crippen molar-refractivity contribution in [2.24, 2.45) is 0 Å². The number of aromatic amines is 1. The van der Waals surface area contributed by atoms with Crippen molar-refractivity contribution in [2.45, 2.75) is 13.0 Å². The van der Waals surface area contributed by atoms with Crippen molar-refractivity contribution < 1.29 is 9.90 Å². The van der Waals surface area contributed by atoms with Crippen LogP contribution in [0.25, 0.3) is 10.9 Å². The van der Waals surface area contributed by atoms with E-state index in [1.54, 1.807) is 6.92 Å². The fraction of sp³-hybridized carbons (Fsp3) is 0.273. The molecular formula is C11H13N3O2. The maximum atomic E-state index is 11.7. The SMILES string of the molecule is C[C@H](O)CNC(=O)c1n[nH]c2ccccc12. The largest absolute Gasteiger partial charge is 0.392 e. The minimum Gasteiger partial charge on any atom is -0.392 e. The van der Waals surface area contributed by atoms with Gasteiger partial charge in [-0.1, -0.05) is 18.2 Å². The Bertz CT molecular complexity index is 505. The Morgan fingerprint density at radius 3 is 3.06 bits per heavy atom. The van der Waals surface area contributed by atoms with Gasteiger partial charge in [-0.05, 0) is 13.0 Å². The summed E-state index contributed by atoms with van der Waals surface area (Å²) >= 11 is 0. The van der Waals surface area contributed by atoms with Crippen LogP contribution in [0.4, 0.5) is 0 Å². The number of rotatable bonds is 3. The number of benzene rings is 1. The summed E-state index contributed by atoms with van der Waals surface area (Å²) in [6, 6.07) is 7.41. The van der Waals surface area contributed by atoms with Crippen molar-refractivity contribution in [3.63, 3.8) is 0 Å². The van der Waals surface area contributed by atoms with Gasteiger partial charge in [-0.3, -0.25) is 9.89 Å². The minimum absolute atomic E-state index is 0.222. The van der Waals surface area contributed by atoms with E-state index in [9.17, 15) is 4.79 Å². The Hall–Kier alpha value is -1.88. The molecule has 1 heterocycles. The summed E-state index contributed by atoms with van der Waals surface area (Å²) in [6.07, 6.45) is -0.561. The Balaban J connectivity index is 2.23. The van der Waals surface area contributed by atoms with E-state index >= 15 is 0 Å². The first kappa shape index (κ1) is 10.6. The summed E-state index contributed by atoms with van der Waals surface area (Å²) in [5.41, 5.74) is 1.18. The molecular weight excluding hydrogens is 206 g/mol. The predicted molar refractivity (Wildman–Crippen MR) is 60.1 cm³/mol. The number of hydrogen-bond donors (Lipinski definition) is 3. The minimum atomic E-state index is -0.561. The molecule has 0 saturated heterocycles. The molecule has 0 saturated carbocycles. The highest BCUT2D eigenvalue weighted by Gasteiger charge is 2.13. The summed E-state index contributed by atoms with van der Waals surface area (Å²) < 4.78 is 0. The Labute approximate surface area is 92.5 Å². The maximum absolute atomic E-state index is 11.7. The third-order valence-corrected chi connectivity index (χ3v) is 2.24. The molecule has 3 N–H and O–H groups in total. The number of amides is 1. The molecule has 0 spiro atoms. The van der Waals surface area contributed by atoms with Gasteiger partial charge in [-0.2, -0.15) is 5.10 Å². The second-order valence-electron chi connectivity index (χ2n) is 3.68. The van der Waals surface area contributed by atoms with Gasteiger partial charge in [0.2, 0.25) is 0 Å². The van der Waals surface area contributed by atoms with E-state index < -0.39 is 6.10 Å². The molecule has 1 aromatic heterocycles. The Morgan fingerprint density at radius 2 is 2.31 bits per heavy atom. The van der Waals surface area contributed by atoms with Gasteiger partial charge in [-0.25, -0.2) is 0 Å². The highest BCUT2D eigenvalue weighted by molar-refractivity contribution is 6.04. The zero-order chi connectivity index (χ0) is 11.5. The zero-order valence-electron chi connectivity index (χ0n) is 8.90. The molecule has 5 nitrogen and oxygen atoms in total. The number of para-hydroxylation sites is 1. The monoisotopic (exact) mass is 219 g/mol. The third-order valence-electron chi connectivity index (χ3n) is 2.24. The van der Waals surface area contributed by atoms with Gasteiger partial charge in [-0.15, -0.1) is 0 Å². The van der Waals surface area contributed by atoms with Gasteiger partial charge in [0.15, 0.2) is 5.69 Å². The number of carbonyl (C=O) groups is 1. The van der Waals surface area contributed by atoms with Gasteiger partial charge in [0.1, 0.15) is 0 Å². The molecule has 84 valence electrons. The van der Waals surface area contributed by atoms with E-state index in [2.05, 4.69) is 15.5 Å². The van der Waals surface area contributed by atoms with Gasteiger partial charge < -0.3 is 10.4 Å². The molecule has 5 heteroatoms. The van der Waals surface area contributed by atoms with Crippen LogP contribution < -0.4 is 5.32 Å². The van der Waals surface area contributed by atoms with Crippen LogP contribution >= 0.6 is 0 Å². The van der Waals surface area contributed by atoms with E-state index in [4.69, 9.17) is 5.11 Å². The molecule has 0 aliphatic heterocycles. The van der Waals surface area contributed by atoms with Gasteiger partial charge in [0, 0.05) is 11.9 Å². The van der Waals surface area contributed by atoms with E-state index in [1.165, 1.54) is 0 Å². The average Bonchev–Trinajstić information content (AvgIpc) is 2.69. The fourth-order valence-electron chi connectivity index (χ4n) is 1.46. The molecule has 0 aliphatic carbocycles. The number of nitrogens with zero attached hydrogens (tertiary/aromatic N) is 1. The first-order valence-corrected chi connectivity index (χ1v) is 5.08. The second-order valence-corrected chi connectivity index (χ2v) is 3.68. The number of hydrogen-bond acceptors (Lipinski definition) is 3. The average molecular weight is 219 g/mol. The van der Waals surface area contributed by atoms with Crippen LogP contribution in [0.3, 0.4) is 0 Å². The van der Waals surface area contributed by atoms with Gasteiger partial charge in [0.05, 0.1) is 11.6 Å².